The molecular weight excluding hydrogens is 290 g/mol. The predicted molar refractivity (Wildman–Crippen MR) is 86.3 cm³/mol. The molecule has 0 radical (unpaired) electrons. The van der Waals surface area contributed by atoms with E-state index in [1.165, 1.54) is 18.9 Å². The Morgan fingerprint density at radius 3 is 2.43 bits per heavy atom. The van der Waals surface area contributed by atoms with Crippen LogP contribution >= 0.6 is 11.8 Å². The molecular formula is C15H27NO4S. The zero-order valence-electron chi connectivity index (χ0n) is 13.7. The lowest BCUT2D eigenvalue weighted by molar-refractivity contribution is -0.142. The van der Waals surface area contributed by atoms with Crippen LogP contribution in [0, 0.1) is 0 Å². The molecule has 0 aliphatic rings. The average molecular weight is 317 g/mol. The first kappa shape index (κ1) is 19.8. The lowest BCUT2D eigenvalue weighted by Crippen LogP contribution is -2.45. The van der Waals surface area contributed by atoms with Crippen molar-refractivity contribution in [1.82, 2.24) is 5.32 Å². The third kappa shape index (κ3) is 10.2. The summed E-state index contributed by atoms with van der Waals surface area (Å²) in [5.74, 6) is -0.106. The number of nitrogens with one attached hydrogen (secondary N) is 1. The van der Waals surface area contributed by atoms with E-state index in [1.54, 1.807) is 20.8 Å². The number of carbonyl (C=O) groups is 2. The van der Waals surface area contributed by atoms with Crippen molar-refractivity contribution < 1.29 is 19.1 Å². The van der Waals surface area contributed by atoms with Gasteiger partial charge in [0.25, 0.3) is 0 Å². The summed E-state index contributed by atoms with van der Waals surface area (Å²) in [4.78, 5) is 24.4. The van der Waals surface area contributed by atoms with Crippen LogP contribution in [0.1, 0.15) is 47.0 Å². The van der Waals surface area contributed by atoms with Crippen molar-refractivity contribution in [2.75, 3.05) is 12.9 Å². The first-order chi connectivity index (χ1) is 9.69. The van der Waals surface area contributed by atoms with Crippen molar-refractivity contribution >= 4 is 23.8 Å². The van der Waals surface area contributed by atoms with Gasteiger partial charge < -0.3 is 14.8 Å². The molecule has 0 aromatic carbocycles. The Morgan fingerprint density at radius 1 is 1.33 bits per heavy atom. The van der Waals surface area contributed by atoms with Gasteiger partial charge >= 0.3 is 12.1 Å². The van der Waals surface area contributed by atoms with Gasteiger partial charge in [-0.3, -0.25) is 0 Å². The van der Waals surface area contributed by atoms with Crippen LogP contribution in [0.15, 0.2) is 11.5 Å². The van der Waals surface area contributed by atoms with Crippen LogP contribution in [0.5, 0.6) is 0 Å². The maximum Gasteiger partial charge on any atom is 0.408 e. The number of rotatable bonds is 8. The first-order valence-corrected chi connectivity index (χ1v) is 8.06. The van der Waals surface area contributed by atoms with Crippen molar-refractivity contribution in [3.05, 3.63) is 11.5 Å². The third-order valence-corrected chi connectivity index (χ3v) is 3.55. The molecule has 5 nitrogen and oxygen atoms in total. The number of esters is 1. The molecule has 0 saturated heterocycles. The van der Waals surface area contributed by atoms with Crippen LogP contribution in [0.3, 0.4) is 0 Å². The summed E-state index contributed by atoms with van der Waals surface area (Å²) in [6.45, 7) is 11.4. The Morgan fingerprint density at radius 2 is 1.95 bits per heavy atom. The molecule has 1 amide bonds. The molecule has 0 fully saturated rings. The third-order valence-electron chi connectivity index (χ3n) is 2.44. The quantitative estimate of drug-likeness (QED) is 0.694. The van der Waals surface area contributed by atoms with Gasteiger partial charge in [0.1, 0.15) is 11.6 Å². The molecule has 0 rings (SSSR count). The summed E-state index contributed by atoms with van der Waals surface area (Å²) >= 11 is 1.46. The summed E-state index contributed by atoms with van der Waals surface area (Å²) in [5.41, 5.74) is -0.609. The van der Waals surface area contributed by atoms with Gasteiger partial charge in [-0.2, -0.15) is 0 Å². The van der Waals surface area contributed by atoms with Crippen molar-refractivity contribution in [1.29, 1.82) is 0 Å². The maximum absolute atomic E-state index is 11.7. The highest BCUT2D eigenvalue weighted by molar-refractivity contribution is 8.03. The van der Waals surface area contributed by atoms with Crippen LogP contribution in [0.2, 0.25) is 0 Å². The number of methoxy groups -OCH3 is 1. The zero-order chi connectivity index (χ0) is 16.5. The van der Waals surface area contributed by atoms with Gasteiger partial charge in [-0.05, 0) is 38.5 Å². The Labute approximate surface area is 131 Å². The first-order valence-electron chi connectivity index (χ1n) is 7.07. The number of unbranched alkanes of at least 4 members (excludes halogenated alkanes) is 1. The number of hydrogen-bond donors (Lipinski definition) is 1. The van der Waals surface area contributed by atoms with Crippen LogP contribution in [0.4, 0.5) is 4.79 Å². The molecule has 1 N–H and O–H groups in total. The van der Waals surface area contributed by atoms with Crippen molar-refractivity contribution in [3.8, 4) is 0 Å². The second kappa shape index (κ2) is 9.71. The summed E-state index contributed by atoms with van der Waals surface area (Å²) in [6.07, 6.45) is 2.43. The molecule has 6 heteroatoms. The van der Waals surface area contributed by atoms with E-state index in [9.17, 15) is 9.59 Å². The van der Waals surface area contributed by atoms with Crippen LogP contribution in [-0.2, 0) is 14.3 Å². The average Bonchev–Trinajstić information content (AvgIpc) is 2.37. The smallest absolute Gasteiger partial charge is 0.408 e. The molecule has 0 heterocycles. The number of hydrogen-bond acceptors (Lipinski definition) is 5. The van der Waals surface area contributed by atoms with E-state index in [4.69, 9.17) is 9.47 Å². The highest BCUT2D eigenvalue weighted by atomic mass is 32.2. The number of thioether (sulfide) groups is 1. The molecule has 0 aromatic rings. The SMILES string of the molecule is C=C(CCCC)SC[C@H](NC(=O)OC(C)(C)C)C(=O)OC. The van der Waals surface area contributed by atoms with Gasteiger partial charge in [0.15, 0.2) is 0 Å². The lowest BCUT2D eigenvalue weighted by Gasteiger charge is -2.22. The van der Waals surface area contributed by atoms with E-state index in [0.29, 0.717) is 5.75 Å². The van der Waals surface area contributed by atoms with Gasteiger partial charge in [-0.1, -0.05) is 19.9 Å². The number of alkyl carbamates (subject to hydrolysis) is 1. The number of amides is 1. The number of allylic oxidation sites excluding steroid dienone is 1. The van der Waals surface area contributed by atoms with Gasteiger partial charge in [-0.15, -0.1) is 11.8 Å². The molecule has 0 aliphatic carbocycles. The molecule has 0 bridgehead atoms. The zero-order valence-corrected chi connectivity index (χ0v) is 14.5. The largest absolute Gasteiger partial charge is 0.467 e. The number of carbonyl (C=O) groups excluding carboxylic acids is 2. The molecule has 0 spiro atoms. The fourth-order valence-electron chi connectivity index (χ4n) is 1.41. The van der Waals surface area contributed by atoms with Crippen LogP contribution < -0.4 is 5.32 Å². The predicted octanol–water partition coefficient (Wildman–Crippen LogP) is 3.49. The van der Waals surface area contributed by atoms with Gasteiger partial charge in [0.2, 0.25) is 0 Å². The minimum atomic E-state index is -0.742. The van der Waals surface area contributed by atoms with Gasteiger partial charge in [0, 0.05) is 5.75 Å². The Bertz CT molecular complexity index is 363. The van der Waals surface area contributed by atoms with E-state index in [-0.39, 0.29) is 0 Å². The summed E-state index contributed by atoms with van der Waals surface area (Å²) < 4.78 is 9.85. The fourth-order valence-corrected chi connectivity index (χ4v) is 2.32. The minimum Gasteiger partial charge on any atom is -0.467 e. The van der Waals surface area contributed by atoms with E-state index in [1.807, 2.05) is 0 Å². The normalized spacial score (nSPS) is 12.4. The van der Waals surface area contributed by atoms with E-state index in [2.05, 4.69) is 18.8 Å². The van der Waals surface area contributed by atoms with Crippen LogP contribution in [0.25, 0.3) is 0 Å². The molecule has 0 saturated carbocycles. The maximum atomic E-state index is 11.7. The molecule has 1 atom stereocenters. The Kier molecular flexibility index (Phi) is 9.17. The summed E-state index contributed by atoms with van der Waals surface area (Å²) in [7, 11) is 1.29. The molecule has 0 aliphatic heterocycles. The lowest BCUT2D eigenvalue weighted by atomic mass is 10.2. The topological polar surface area (TPSA) is 64.6 Å². The summed E-state index contributed by atoms with van der Waals surface area (Å²) in [5, 5.41) is 2.54. The Hall–Kier alpha value is -1.17. The second-order valence-electron chi connectivity index (χ2n) is 5.68. The van der Waals surface area contributed by atoms with Gasteiger partial charge in [-0.25, -0.2) is 9.59 Å². The fraction of sp³-hybridized carbons (Fsp3) is 0.733. The monoisotopic (exact) mass is 317 g/mol. The molecule has 0 aromatic heterocycles. The minimum absolute atomic E-state index is 0.383. The van der Waals surface area contributed by atoms with E-state index >= 15 is 0 Å². The van der Waals surface area contributed by atoms with Crippen molar-refractivity contribution in [2.45, 2.75) is 58.6 Å². The van der Waals surface area contributed by atoms with Crippen molar-refractivity contribution in [3.63, 3.8) is 0 Å². The second-order valence-corrected chi connectivity index (χ2v) is 6.87. The van der Waals surface area contributed by atoms with Crippen molar-refractivity contribution in [2.24, 2.45) is 0 Å². The number of ether oxygens (including phenoxy) is 2. The standard InChI is InChI=1S/C15H27NO4S/c1-7-8-9-11(2)21-10-12(13(17)19-6)16-14(18)20-15(3,4)5/h12H,2,7-10H2,1,3-6H3,(H,16,18)/t12-/m0/s1. The molecule has 21 heavy (non-hydrogen) atoms. The Balaban J connectivity index is 4.43. The van der Waals surface area contributed by atoms with Gasteiger partial charge in [0.05, 0.1) is 7.11 Å². The molecule has 122 valence electrons. The van der Waals surface area contributed by atoms with E-state index < -0.39 is 23.7 Å². The highest BCUT2D eigenvalue weighted by Crippen LogP contribution is 2.21. The van der Waals surface area contributed by atoms with E-state index in [0.717, 1.165) is 24.2 Å². The highest BCUT2D eigenvalue weighted by Gasteiger charge is 2.25. The van der Waals surface area contributed by atoms with Crippen LogP contribution in [-0.4, -0.2) is 36.6 Å². The summed E-state index contributed by atoms with van der Waals surface area (Å²) in [6, 6.07) is -0.742. The molecule has 0 unspecified atom stereocenters.